The molecular formula is C14H14ClN3O3. The van der Waals surface area contributed by atoms with Crippen LogP contribution in [0.15, 0.2) is 36.4 Å². The number of hydrogen-bond donors (Lipinski definition) is 2. The molecule has 2 aromatic rings. The minimum absolute atomic E-state index is 0.0797. The van der Waals surface area contributed by atoms with Crippen molar-refractivity contribution in [3.05, 3.63) is 62.7 Å². The monoisotopic (exact) mass is 307 g/mol. The zero-order chi connectivity index (χ0) is 15.4. The summed E-state index contributed by atoms with van der Waals surface area (Å²) in [6.07, 6.45) is 0. The Morgan fingerprint density at radius 2 is 2.10 bits per heavy atom. The summed E-state index contributed by atoms with van der Waals surface area (Å²) in [6.45, 7) is 2.17. The highest BCUT2D eigenvalue weighted by molar-refractivity contribution is 6.30. The molecule has 0 aliphatic heterocycles. The lowest BCUT2D eigenvalue weighted by Gasteiger charge is -2.10. The Hall–Kier alpha value is -2.31. The Labute approximate surface area is 126 Å². The van der Waals surface area contributed by atoms with Gasteiger partial charge in [0.1, 0.15) is 18.0 Å². The number of ether oxygens (including phenoxy) is 1. The number of nitro benzene ring substituents is 1. The first-order chi connectivity index (χ1) is 10.0. The smallest absolute Gasteiger partial charge is 0.293 e. The number of hydrazine groups is 1. The minimum Gasteiger partial charge on any atom is -0.489 e. The van der Waals surface area contributed by atoms with Crippen molar-refractivity contribution in [2.45, 2.75) is 13.5 Å². The number of hydrogen-bond acceptors (Lipinski definition) is 5. The fraction of sp³-hybridized carbons (Fsp3) is 0.143. The zero-order valence-corrected chi connectivity index (χ0v) is 12.1. The number of benzene rings is 2. The average molecular weight is 308 g/mol. The van der Waals surface area contributed by atoms with Gasteiger partial charge in [0.15, 0.2) is 0 Å². The number of anilines is 1. The Kier molecular flexibility index (Phi) is 4.62. The normalized spacial score (nSPS) is 10.2. The van der Waals surface area contributed by atoms with Crippen LogP contribution in [0, 0.1) is 17.0 Å². The second kappa shape index (κ2) is 6.43. The van der Waals surface area contributed by atoms with Crippen molar-refractivity contribution in [2.75, 3.05) is 5.43 Å². The summed E-state index contributed by atoms with van der Waals surface area (Å²) in [6, 6.07) is 9.94. The largest absolute Gasteiger partial charge is 0.489 e. The van der Waals surface area contributed by atoms with E-state index in [1.165, 1.54) is 6.07 Å². The molecule has 0 bridgehead atoms. The van der Waals surface area contributed by atoms with Gasteiger partial charge in [0, 0.05) is 11.1 Å². The molecule has 0 heterocycles. The van der Waals surface area contributed by atoms with Crippen molar-refractivity contribution >= 4 is 23.0 Å². The molecule has 0 aromatic heterocycles. The molecule has 0 saturated heterocycles. The standard InChI is InChI=1S/C14H14ClN3O3/c1-9-6-11(15)3-5-14(9)21-8-10-2-4-13(18(19)20)12(7-10)17-16/h2-7,17H,8,16H2,1H3. The third-order valence-corrected chi connectivity index (χ3v) is 3.18. The molecule has 6 nitrogen and oxygen atoms in total. The van der Waals surface area contributed by atoms with Crippen LogP contribution in [-0.4, -0.2) is 4.92 Å². The van der Waals surface area contributed by atoms with Gasteiger partial charge >= 0.3 is 0 Å². The first-order valence-corrected chi connectivity index (χ1v) is 6.52. The Bertz CT molecular complexity index is 677. The summed E-state index contributed by atoms with van der Waals surface area (Å²) in [7, 11) is 0. The number of nitrogens with zero attached hydrogens (tertiary/aromatic N) is 1. The van der Waals surface area contributed by atoms with Gasteiger partial charge in [-0.2, -0.15) is 0 Å². The number of halogens is 1. The van der Waals surface area contributed by atoms with Crippen LogP contribution >= 0.6 is 11.6 Å². The molecular weight excluding hydrogens is 294 g/mol. The summed E-state index contributed by atoms with van der Waals surface area (Å²) < 4.78 is 5.68. The molecule has 110 valence electrons. The quantitative estimate of drug-likeness (QED) is 0.502. The maximum Gasteiger partial charge on any atom is 0.293 e. The Balaban J connectivity index is 2.15. The number of rotatable bonds is 5. The van der Waals surface area contributed by atoms with E-state index in [1.54, 1.807) is 30.3 Å². The topological polar surface area (TPSA) is 90.4 Å². The maximum absolute atomic E-state index is 10.8. The molecule has 0 fully saturated rings. The van der Waals surface area contributed by atoms with Gasteiger partial charge in [-0.3, -0.25) is 16.0 Å². The second-order valence-electron chi connectivity index (χ2n) is 4.45. The molecule has 0 radical (unpaired) electrons. The highest BCUT2D eigenvalue weighted by Gasteiger charge is 2.13. The third kappa shape index (κ3) is 3.62. The van der Waals surface area contributed by atoms with Crippen LogP contribution in [0.4, 0.5) is 11.4 Å². The van der Waals surface area contributed by atoms with Crippen LogP contribution in [-0.2, 0) is 6.61 Å². The fourth-order valence-corrected chi connectivity index (χ4v) is 2.11. The number of nitro groups is 1. The zero-order valence-electron chi connectivity index (χ0n) is 11.3. The van der Waals surface area contributed by atoms with Crippen LogP contribution in [0.25, 0.3) is 0 Å². The first kappa shape index (κ1) is 15.1. The third-order valence-electron chi connectivity index (χ3n) is 2.94. The van der Waals surface area contributed by atoms with E-state index in [4.69, 9.17) is 22.2 Å². The first-order valence-electron chi connectivity index (χ1n) is 6.14. The van der Waals surface area contributed by atoms with E-state index in [2.05, 4.69) is 5.43 Å². The minimum atomic E-state index is -0.497. The van der Waals surface area contributed by atoms with Crippen LogP contribution in [0.5, 0.6) is 5.75 Å². The molecule has 21 heavy (non-hydrogen) atoms. The van der Waals surface area contributed by atoms with Crippen molar-refractivity contribution in [1.29, 1.82) is 0 Å². The number of nitrogens with one attached hydrogen (secondary N) is 1. The lowest BCUT2D eigenvalue weighted by atomic mass is 10.2. The van der Waals surface area contributed by atoms with Gasteiger partial charge in [0.2, 0.25) is 0 Å². The highest BCUT2D eigenvalue weighted by atomic mass is 35.5. The van der Waals surface area contributed by atoms with Gasteiger partial charge in [-0.25, -0.2) is 0 Å². The van der Waals surface area contributed by atoms with Crippen molar-refractivity contribution in [3.63, 3.8) is 0 Å². The van der Waals surface area contributed by atoms with E-state index < -0.39 is 4.92 Å². The van der Waals surface area contributed by atoms with Gasteiger partial charge in [0.05, 0.1) is 4.92 Å². The van der Waals surface area contributed by atoms with Crippen molar-refractivity contribution in [2.24, 2.45) is 5.84 Å². The molecule has 0 spiro atoms. The van der Waals surface area contributed by atoms with E-state index in [0.29, 0.717) is 10.8 Å². The average Bonchev–Trinajstić information content (AvgIpc) is 2.45. The predicted octanol–water partition coefficient (Wildman–Crippen LogP) is 3.42. The van der Waals surface area contributed by atoms with E-state index >= 15 is 0 Å². The van der Waals surface area contributed by atoms with Crippen LogP contribution < -0.4 is 16.0 Å². The van der Waals surface area contributed by atoms with Gasteiger partial charge in [-0.1, -0.05) is 11.6 Å². The van der Waals surface area contributed by atoms with Crippen molar-refractivity contribution in [1.82, 2.24) is 0 Å². The van der Waals surface area contributed by atoms with Crippen LogP contribution in [0.1, 0.15) is 11.1 Å². The van der Waals surface area contributed by atoms with Gasteiger partial charge < -0.3 is 10.2 Å². The summed E-state index contributed by atoms with van der Waals surface area (Å²) in [5.74, 6) is 6.00. The molecule has 0 amide bonds. The summed E-state index contributed by atoms with van der Waals surface area (Å²) in [5, 5.41) is 11.5. The molecule has 7 heteroatoms. The highest BCUT2D eigenvalue weighted by Crippen LogP contribution is 2.26. The number of aryl methyl sites for hydroxylation is 1. The van der Waals surface area contributed by atoms with Crippen LogP contribution in [0.3, 0.4) is 0 Å². The van der Waals surface area contributed by atoms with Crippen molar-refractivity contribution < 1.29 is 9.66 Å². The molecule has 2 rings (SSSR count). The molecule has 0 aliphatic carbocycles. The Morgan fingerprint density at radius 1 is 1.33 bits per heavy atom. The second-order valence-corrected chi connectivity index (χ2v) is 4.89. The van der Waals surface area contributed by atoms with Gasteiger partial charge in [0.25, 0.3) is 5.69 Å². The maximum atomic E-state index is 10.8. The van der Waals surface area contributed by atoms with Crippen molar-refractivity contribution in [3.8, 4) is 5.75 Å². The fourth-order valence-electron chi connectivity index (χ4n) is 1.88. The molecule has 0 atom stereocenters. The molecule has 0 aliphatic rings. The van der Waals surface area contributed by atoms with E-state index in [0.717, 1.165) is 11.1 Å². The molecule has 3 N–H and O–H groups in total. The lowest BCUT2D eigenvalue weighted by molar-refractivity contribution is -0.384. The van der Waals surface area contributed by atoms with Crippen LogP contribution in [0.2, 0.25) is 5.02 Å². The van der Waals surface area contributed by atoms with E-state index in [9.17, 15) is 10.1 Å². The lowest BCUT2D eigenvalue weighted by Crippen LogP contribution is -2.10. The number of nitrogens with two attached hydrogens (primary N) is 1. The van der Waals surface area contributed by atoms with Gasteiger partial charge in [-0.05, 0) is 48.4 Å². The summed E-state index contributed by atoms with van der Waals surface area (Å²) >= 11 is 5.88. The Morgan fingerprint density at radius 3 is 2.71 bits per heavy atom. The number of nitrogen functional groups attached to an aromatic ring is 1. The van der Waals surface area contributed by atoms with E-state index in [-0.39, 0.29) is 18.0 Å². The summed E-state index contributed by atoms with van der Waals surface area (Å²) in [4.78, 5) is 10.3. The molecule has 0 saturated carbocycles. The molecule has 0 unspecified atom stereocenters. The van der Waals surface area contributed by atoms with E-state index in [1.807, 2.05) is 6.92 Å². The summed E-state index contributed by atoms with van der Waals surface area (Å²) in [5.41, 5.74) is 4.17. The van der Waals surface area contributed by atoms with Gasteiger partial charge in [-0.15, -0.1) is 0 Å². The molecule has 2 aromatic carbocycles. The SMILES string of the molecule is Cc1cc(Cl)ccc1OCc1ccc([N+](=O)[O-])c(NN)c1. The predicted molar refractivity (Wildman–Crippen MR) is 81.4 cm³/mol.